The summed E-state index contributed by atoms with van der Waals surface area (Å²) in [5.41, 5.74) is 0.747. The molecule has 0 spiro atoms. The minimum Gasteiger partial charge on any atom is -0.494 e. The molecule has 2 aliphatic heterocycles. The molecular formula is C28H22Cl2N2O4. The van der Waals surface area contributed by atoms with Gasteiger partial charge in [-0.1, -0.05) is 47.5 Å². The van der Waals surface area contributed by atoms with E-state index in [0.717, 1.165) is 10.8 Å². The molecule has 0 amide bonds. The van der Waals surface area contributed by atoms with Crippen LogP contribution in [0.5, 0.6) is 17.5 Å². The van der Waals surface area contributed by atoms with E-state index in [4.69, 9.17) is 32.7 Å². The summed E-state index contributed by atoms with van der Waals surface area (Å²) in [4.78, 5) is 0. The van der Waals surface area contributed by atoms with Gasteiger partial charge in [0.15, 0.2) is 0 Å². The Bertz CT molecular complexity index is 1590. The third-order valence-corrected chi connectivity index (χ3v) is 8.00. The Kier molecular flexibility index (Phi) is 5.17. The molecule has 6 nitrogen and oxygen atoms in total. The van der Waals surface area contributed by atoms with Gasteiger partial charge < -0.3 is 19.7 Å². The van der Waals surface area contributed by atoms with Crippen molar-refractivity contribution in [3.8, 4) is 29.3 Å². The van der Waals surface area contributed by atoms with Gasteiger partial charge in [0.25, 0.3) is 0 Å². The van der Waals surface area contributed by atoms with Crippen LogP contribution in [0.25, 0.3) is 16.5 Å². The van der Waals surface area contributed by atoms with Crippen LogP contribution in [0.1, 0.15) is 42.9 Å². The Morgan fingerprint density at radius 1 is 1.03 bits per heavy atom. The lowest BCUT2D eigenvalue weighted by molar-refractivity contribution is -0.0876. The summed E-state index contributed by atoms with van der Waals surface area (Å²) >= 11 is 12.3. The third-order valence-electron chi connectivity index (χ3n) is 7.45. The van der Waals surface area contributed by atoms with E-state index in [1.54, 1.807) is 30.3 Å². The van der Waals surface area contributed by atoms with E-state index in [1.165, 1.54) is 4.57 Å². The van der Waals surface area contributed by atoms with Crippen LogP contribution in [-0.4, -0.2) is 21.4 Å². The maximum Gasteiger partial charge on any atom is 0.205 e. The van der Waals surface area contributed by atoms with Crippen molar-refractivity contribution in [2.24, 2.45) is 0 Å². The molecular weight excluding hydrogens is 499 g/mol. The number of aromatic hydroxyl groups is 2. The molecule has 1 aromatic heterocycles. The van der Waals surface area contributed by atoms with Crippen LogP contribution in [0.15, 0.2) is 54.6 Å². The fraction of sp³-hybridized carbons (Fsp3) is 0.250. The highest BCUT2D eigenvalue weighted by Crippen LogP contribution is 2.65. The zero-order valence-electron chi connectivity index (χ0n) is 19.4. The first kappa shape index (κ1) is 23.1. The van der Waals surface area contributed by atoms with Gasteiger partial charge in [0.2, 0.25) is 11.8 Å². The van der Waals surface area contributed by atoms with Gasteiger partial charge in [0, 0.05) is 28.3 Å². The van der Waals surface area contributed by atoms with Gasteiger partial charge in [-0.05, 0) is 44.0 Å². The van der Waals surface area contributed by atoms with Crippen LogP contribution in [-0.2, 0) is 15.9 Å². The van der Waals surface area contributed by atoms with E-state index in [1.807, 2.05) is 31.2 Å². The van der Waals surface area contributed by atoms with Gasteiger partial charge in [-0.2, -0.15) is 5.26 Å². The largest absolute Gasteiger partial charge is 0.494 e. The van der Waals surface area contributed by atoms with Crippen molar-refractivity contribution in [3.05, 3.63) is 81.3 Å². The Morgan fingerprint density at radius 2 is 1.78 bits per heavy atom. The minimum absolute atomic E-state index is 0.0553. The van der Waals surface area contributed by atoms with Crippen molar-refractivity contribution in [3.63, 3.8) is 0 Å². The summed E-state index contributed by atoms with van der Waals surface area (Å²) in [6.45, 7) is 2.22. The van der Waals surface area contributed by atoms with Crippen LogP contribution in [0.4, 0.5) is 0 Å². The normalized spacial score (nSPS) is 22.1. The van der Waals surface area contributed by atoms with E-state index in [-0.39, 0.29) is 18.4 Å². The molecule has 182 valence electrons. The van der Waals surface area contributed by atoms with Crippen molar-refractivity contribution < 1.29 is 19.7 Å². The predicted molar refractivity (Wildman–Crippen MR) is 137 cm³/mol. The highest BCUT2D eigenvalue weighted by Gasteiger charge is 2.61. The summed E-state index contributed by atoms with van der Waals surface area (Å²) in [7, 11) is 0. The summed E-state index contributed by atoms with van der Waals surface area (Å²) in [6, 6.07) is 18.2. The molecule has 1 saturated heterocycles. The van der Waals surface area contributed by atoms with Crippen LogP contribution < -0.4 is 4.74 Å². The Labute approximate surface area is 217 Å². The molecule has 6 rings (SSSR count). The number of hydrogen-bond donors (Lipinski definition) is 2. The Hall–Kier alpha value is -3.37. The molecule has 2 atom stereocenters. The number of ether oxygens (including phenoxy) is 2. The number of fused-ring (bicyclic) bond motifs is 6. The molecule has 1 fully saturated rings. The predicted octanol–water partition coefficient (Wildman–Crippen LogP) is 6.92. The molecule has 8 heteroatoms. The lowest BCUT2D eigenvalue weighted by atomic mass is 9.78. The zero-order chi connectivity index (χ0) is 25.2. The number of benzene rings is 3. The number of aromatic nitrogens is 1. The van der Waals surface area contributed by atoms with Gasteiger partial charge in [-0.25, -0.2) is 0 Å². The fourth-order valence-electron chi connectivity index (χ4n) is 5.82. The van der Waals surface area contributed by atoms with Gasteiger partial charge in [-0.3, -0.25) is 4.57 Å². The van der Waals surface area contributed by atoms with E-state index < -0.39 is 11.2 Å². The second kappa shape index (κ2) is 8.07. The molecule has 0 radical (unpaired) electrons. The van der Waals surface area contributed by atoms with Gasteiger partial charge in [-0.15, -0.1) is 0 Å². The second-order valence-electron chi connectivity index (χ2n) is 9.52. The number of hydrogen-bond acceptors (Lipinski definition) is 5. The number of nitriles is 1. The first-order valence-electron chi connectivity index (χ1n) is 11.7. The fourth-order valence-corrected chi connectivity index (χ4v) is 6.16. The van der Waals surface area contributed by atoms with Crippen molar-refractivity contribution >= 4 is 34.0 Å². The van der Waals surface area contributed by atoms with Gasteiger partial charge in [0.1, 0.15) is 11.4 Å². The molecule has 0 saturated carbocycles. The second-order valence-corrected chi connectivity index (χ2v) is 10.4. The molecule has 2 N–H and O–H groups in total. The summed E-state index contributed by atoms with van der Waals surface area (Å²) < 4.78 is 13.9. The highest BCUT2D eigenvalue weighted by molar-refractivity contribution is 6.34. The quantitative estimate of drug-likeness (QED) is 0.298. The monoisotopic (exact) mass is 520 g/mol. The molecule has 2 aliphatic rings. The third kappa shape index (κ3) is 3.20. The molecule has 3 aromatic carbocycles. The zero-order valence-corrected chi connectivity index (χ0v) is 20.9. The van der Waals surface area contributed by atoms with Gasteiger partial charge in [0.05, 0.1) is 45.7 Å². The topological polar surface area (TPSA) is 87.6 Å². The summed E-state index contributed by atoms with van der Waals surface area (Å²) in [6.07, 6.45) is 1.82. The van der Waals surface area contributed by atoms with Crippen molar-refractivity contribution in [1.82, 2.24) is 4.57 Å². The summed E-state index contributed by atoms with van der Waals surface area (Å²) in [5, 5.41) is 35.0. The van der Waals surface area contributed by atoms with Crippen molar-refractivity contribution in [2.75, 3.05) is 6.61 Å². The van der Waals surface area contributed by atoms with Crippen LogP contribution >= 0.6 is 23.2 Å². The average molecular weight is 521 g/mol. The Morgan fingerprint density at radius 3 is 2.56 bits per heavy atom. The van der Waals surface area contributed by atoms with E-state index >= 15 is 0 Å². The van der Waals surface area contributed by atoms with Crippen LogP contribution in [0.3, 0.4) is 0 Å². The average Bonchev–Trinajstić information content (AvgIpc) is 3.45. The van der Waals surface area contributed by atoms with E-state index in [0.29, 0.717) is 57.4 Å². The van der Waals surface area contributed by atoms with Crippen LogP contribution in [0.2, 0.25) is 10.0 Å². The molecule has 36 heavy (non-hydrogen) atoms. The highest BCUT2D eigenvalue weighted by atomic mass is 35.5. The lowest BCUT2D eigenvalue weighted by Gasteiger charge is -2.26. The van der Waals surface area contributed by atoms with Crippen LogP contribution in [0, 0.1) is 11.3 Å². The van der Waals surface area contributed by atoms with E-state index in [9.17, 15) is 15.5 Å². The van der Waals surface area contributed by atoms with E-state index in [2.05, 4.69) is 6.07 Å². The first-order valence-corrected chi connectivity index (χ1v) is 12.4. The molecule has 2 bridgehead atoms. The lowest BCUT2D eigenvalue weighted by Crippen LogP contribution is -2.25. The molecule has 3 heterocycles. The van der Waals surface area contributed by atoms with Gasteiger partial charge >= 0.3 is 0 Å². The van der Waals surface area contributed by atoms with Crippen molar-refractivity contribution in [2.45, 2.75) is 37.4 Å². The standard InChI is InChI=1S/C28H22Cl2N2O4/c1-27-10-11-28(36-27,12-13-35-22-14-17(29)7-8-20(22)30)24-23(27)25(33)32(26(24)34)21-9-6-16(15-31)18-4-2-3-5-19(18)21/h2-9,14,33-34H,10-13H2,1H3/t27-,28-/m1/s1. The summed E-state index contributed by atoms with van der Waals surface area (Å²) in [5.74, 6) is 0.357. The maximum absolute atomic E-state index is 11.5. The Balaban J connectivity index is 1.43. The smallest absolute Gasteiger partial charge is 0.205 e. The minimum atomic E-state index is -0.815. The molecule has 0 aliphatic carbocycles. The van der Waals surface area contributed by atoms with Crippen molar-refractivity contribution in [1.29, 1.82) is 5.26 Å². The SMILES string of the molecule is C[C@]12CC[C@](CCOc3cc(Cl)ccc3Cl)(O1)c1c2c(O)n(-c2ccc(C#N)c3ccccc23)c1O. The number of halogens is 2. The maximum atomic E-state index is 11.5. The number of nitrogens with zero attached hydrogens (tertiary/aromatic N) is 2. The molecule has 4 aromatic rings. The molecule has 0 unspecified atom stereocenters. The first-order chi connectivity index (χ1) is 17.3. The number of rotatable bonds is 5.